The molecule has 18 heavy (non-hydrogen) atoms. The minimum Gasteiger partial charge on any atom is -0.366 e. The van der Waals surface area contributed by atoms with Crippen LogP contribution in [-0.4, -0.2) is 16.7 Å². The number of anilines is 1. The average molecular weight is 249 g/mol. The molecule has 0 saturated heterocycles. The minimum atomic E-state index is -0.774. The van der Waals surface area contributed by atoms with Crippen LogP contribution in [0.25, 0.3) is 0 Å². The summed E-state index contributed by atoms with van der Waals surface area (Å²) in [4.78, 5) is 32.0. The number of nitrogens with zero attached hydrogens (tertiary/aromatic N) is 1. The molecule has 0 heterocycles. The van der Waals surface area contributed by atoms with Gasteiger partial charge in [-0.3, -0.25) is 19.7 Å². The Morgan fingerprint density at radius 3 is 2.61 bits per heavy atom. The van der Waals surface area contributed by atoms with E-state index < -0.39 is 16.7 Å². The Balaban J connectivity index is 2.94. The van der Waals surface area contributed by atoms with Gasteiger partial charge >= 0.3 is 0 Å². The molecule has 7 nitrogen and oxygen atoms in total. The number of nitro groups is 1. The molecule has 2 amide bonds. The van der Waals surface area contributed by atoms with Crippen molar-refractivity contribution in [3.05, 3.63) is 46.0 Å². The maximum Gasteiger partial charge on any atom is 0.293 e. The molecule has 1 aromatic carbocycles. The van der Waals surface area contributed by atoms with Crippen molar-refractivity contribution in [2.75, 3.05) is 5.32 Å². The zero-order valence-electron chi connectivity index (χ0n) is 9.54. The number of carbonyl (C=O) groups is 2. The van der Waals surface area contributed by atoms with Gasteiger partial charge in [-0.05, 0) is 18.6 Å². The van der Waals surface area contributed by atoms with E-state index in [9.17, 15) is 19.7 Å². The highest BCUT2D eigenvalue weighted by Crippen LogP contribution is 2.25. The van der Waals surface area contributed by atoms with Crippen LogP contribution >= 0.6 is 0 Å². The third kappa shape index (κ3) is 3.71. The van der Waals surface area contributed by atoms with E-state index in [0.717, 1.165) is 12.2 Å². The second-order valence-corrected chi connectivity index (χ2v) is 3.50. The summed E-state index contributed by atoms with van der Waals surface area (Å²) >= 11 is 0. The van der Waals surface area contributed by atoms with Gasteiger partial charge in [0, 0.05) is 18.2 Å². The first-order valence-electron chi connectivity index (χ1n) is 4.93. The molecular formula is C11H11N3O4. The number of nitro benzene ring substituents is 1. The van der Waals surface area contributed by atoms with E-state index in [1.54, 1.807) is 13.0 Å². The van der Waals surface area contributed by atoms with Gasteiger partial charge in [0.15, 0.2) is 0 Å². The van der Waals surface area contributed by atoms with Crippen LogP contribution < -0.4 is 11.1 Å². The molecule has 0 bridgehead atoms. The van der Waals surface area contributed by atoms with Crippen LogP contribution in [0.15, 0.2) is 30.4 Å². The summed E-state index contributed by atoms with van der Waals surface area (Å²) in [6.45, 7) is 1.70. The van der Waals surface area contributed by atoms with Crippen LogP contribution in [0.2, 0.25) is 0 Å². The molecular weight excluding hydrogens is 238 g/mol. The Morgan fingerprint density at radius 1 is 1.39 bits per heavy atom. The molecule has 3 N–H and O–H groups in total. The second kappa shape index (κ2) is 5.58. The van der Waals surface area contributed by atoms with Crippen molar-refractivity contribution in [2.45, 2.75) is 6.92 Å². The van der Waals surface area contributed by atoms with Gasteiger partial charge in [-0.25, -0.2) is 0 Å². The fourth-order valence-electron chi connectivity index (χ4n) is 1.23. The number of primary amides is 1. The lowest BCUT2D eigenvalue weighted by Gasteiger charge is -2.04. The van der Waals surface area contributed by atoms with Crippen molar-refractivity contribution in [1.29, 1.82) is 0 Å². The molecule has 1 aromatic rings. The van der Waals surface area contributed by atoms with Gasteiger partial charge in [-0.2, -0.15) is 0 Å². The molecule has 0 aliphatic rings. The summed E-state index contributed by atoms with van der Waals surface area (Å²) in [7, 11) is 0. The molecule has 0 aromatic heterocycles. The first-order chi connectivity index (χ1) is 8.40. The van der Waals surface area contributed by atoms with Crippen LogP contribution in [0.5, 0.6) is 0 Å². The average Bonchev–Trinajstić information content (AvgIpc) is 2.28. The fourth-order valence-corrected chi connectivity index (χ4v) is 1.23. The number of hydrogen-bond donors (Lipinski definition) is 2. The van der Waals surface area contributed by atoms with Gasteiger partial charge < -0.3 is 11.1 Å². The van der Waals surface area contributed by atoms with E-state index in [0.29, 0.717) is 5.56 Å². The maximum atomic E-state index is 11.3. The lowest BCUT2D eigenvalue weighted by molar-refractivity contribution is -0.384. The van der Waals surface area contributed by atoms with Crippen LogP contribution in [0, 0.1) is 17.0 Å². The molecule has 0 aliphatic carbocycles. The summed E-state index contributed by atoms with van der Waals surface area (Å²) in [5.74, 6) is -1.44. The van der Waals surface area contributed by atoms with E-state index in [1.165, 1.54) is 12.1 Å². The van der Waals surface area contributed by atoms with Crippen molar-refractivity contribution in [3.8, 4) is 0 Å². The molecule has 0 saturated carbocycles. The molecule has 0 fully saturated rings. The number of amides is 2. The zero-order valence-corrected chi connectivity index (χ0v) is 9.54. The molecule has 0 spiro atoms. The number of rotatable bonds is 4. The smallest absolute Gasteiger partial charge is 0.293 e. The van der Waals surface area contributed by atoms with Crippen molar-refractivity contribution in [2.24, 2.45) is 5.73 Å². The van der Waals surface area contributed by atoms with Gasteiger partial charge in [-0.1, -0.05) is 6.07 Å². The first-order valence-corrected chi connectivity index (χ1v) is 4.93. The van der Waals surface area contributed by atoms with Crippen LogP contribution in [-0.2, 0) is 9.59 Å². The Kier molecular flexibility index (Phi) is 4.14. The van der Waals surface area contributed by atoms with E-state index in [2.05, 4.69) is 5.32 Å². The molecule has 94 valence electrons. The fraction of sp³-hybridized carbons (Fsp3) is 0.0909. The summed E-state index contributed by atoms with van der Waals surface area (Å²) in [5.41, 5.74) is 5.37. The van der Waals surface area contributed by atoms with Crippen molar-refractivity contribution >= 4 is 23.2 Å². The lowest BCUT2D eigenvalue weighted by atomic mass is 10.2. The predicted octanol–water partition coefficient (Wildman–Crippen LogP) is 0.883. The van der Waals surface area contributed by atoms with Gasteiger partial charge in [0.2, 0.25) is 11.8 Å². The van der Waals surface area contributed by atoms with E-state index in [1.807, 2.05) is 0 Å². The van der Waals surface area contributed by atoms with Gasteiger partial charge in [0.05, 0.1) is 4.92 Å². The Bertz CT molecular complexity index is 537. The largest absolute Gasteiger partial charge is 0.366 e. The van der Waals surface area contributed by atoms with Crippen LogP contribution in [0.1, 0.15) is 5.56 Å². The van der Waals surface area contributed by atoms with Crippen molar-refractivity contribution in [1.82, 2.24) is 0 Å². The summed E-state index contributed by atoms with van der Waals surface area (Å²) in [5, 5.41) is 13.1. The highest BCUT2D eigenvalue weighted by atomic mass is 16.6. The molecule has 0 aliphatic heterocycles. The topological polar surface area (TPSA) is 115 Å². The quantitative estimate of drug-likeness (QED) is 0.468. The third-order valence-corrected chi connectivity index (χ3v) is 2.01. The number of nitrogens with one attached hydrogen (secondary N) is 1. The van der Waals surface area contributed by atoms with E-state index in [-0.39, 0.29) is 11.4 Å². The molecule has 0 unspecified atom stereocenters. The number of benzene rings is 1. The third-order valence-electron chi connectivity index (χ3n) is 2.01. The van der Waals surface area contributed by atoms with E-state index in [4.69, 9.17) is 5.73 Å². The highest BCUT2D eigenvalue weighted by Gasteiger charge is 2.14. The first kappa shape index (κ1) is 13.4. The maximum absolute atomic E-state index is 11.3. The normalized spacial score (nSPS) is 10.3. The predicted molar refractivity (Wildman–Crippen MR) is 64.8 cm³/mol. The Labute approximate surface area is 102 Å². The summed E-state index contributed by atoms with van der Waals surface area (Å²) in [6, 6.07) is 4.39. The van der Waals surface area contributed by atoms with E-state index >= 15 is 0 Å². The lowest BCUT2D eigenvalue weighted by Crippen LogP contribution is -2.12. The van der Waals surface area contributed by atoms with Crippen molar-refractivity contribution in [3.63, 3.8) is 0 Å². The number of carbonyl (C=O) groups excluding carboxylic acids is 2. The molecule has 1 rings (SSSR count). The second-order valence-electron chi connectivity index (χ2n) is 3.50. The Morgan fingerprint density at radius 2 is 2.06 bits per heavy atom. The van der Waals surface area contributed by atoms with Gasteiger partial charge in [0.1, 0.15) is 5.69 Å². The summed E-state index contributed by atoms with van der Waals surface area (Å²) < 4.78 is 0. The monoisotopic (exact) mass is 249 g/mol. The number of hydrogen-bond acceptors (Lipinski definition) is 4. The summed E-state index contributed by atoms with van der Waals surface area (Å²) in [6.07, 6.45) is 1.78. The van der Waals surface area contributed by atoms with Crippen LogP contribution in [0.3, 0.4) is 0 Å². The molecule has 7 heteroatoms. The molecule has 0 radical (unpaired) electrons. The minimum absolute atomic E-state index is 0.0599. The number of aryl methyl sites for hydroxylation is 1. The molecule has 0 atom stereocenters. The van der Waals surface area contributed by atoms with Gasteiger partial charge in [-0.15, -0.1) is 0 Å². The Hall–Kier alpha value is -2.70. The number of nitrogens with two attached hydrogens (primary N) is 1. The standard InChI is InChI=1S/C11H11N3O4/c1-7-2-3-8(9(6-7)14(17)18)13-11(16)5-4-10(12)15/h2-6H,1H3,(H2,12,15)(H,13,16)/b5-4-. The van der Waals surface area contributed by atoms with Crippen LogP contribution in [0.4, 0.5) is 11.4 Å². The van der Waals surface area contributed by atoms with Crippen molar-refractivity contribution < 1.29 is 14.5 Å². The SMILES string of the molecule is Cc1ccc(NC(=O)/C=C\C(N)=O)c([N+](=O)[O-])c1. The zero-order chi connectivity index (χ0) is 13.7. The van der Waals surface area contributed by atoms with Gasteiger partial charge in [0.25, 0.3) is 5.69 Å². The highest BCUT2D eigenvalue weighted by molar-refractivity contribution is 6.04.